The van der Waals surface area contributed by atoms with Gasteiger partial charge in [-0.1, -0.05) is 29.8 Å². The molecule has 0 bridgehead atoms. The number of piperidine rings is 1. The second-order valence-electron chi connectivity index (χ2n) is 7.97. The third-order valence-corrected chi connectivity index (χ3v) is 7.39. The molecule has 2 fully saturated rings. The van der Waals surface area contributed by atoms with Crippen molar-refractivity contribution in [3.8, 4) is 0 Å². The van der Waals surface area contributed by atoms with E-state index in [0.717, 1.165) is 43.5 Å². The van der Waals surface area contributed by atoms with E-state index in [1.807, 2.05) is 57.9 Å². The van der Waals surface area contributed by atoms with Gasteiger partial charge in [0.1, 0.15) is 0 Å². The third-order valence-electron chi connectivity index (χ3n) is 6.34. The summed E-state index contributed by atoms with van der Waals surface area (Å²) in [6.07, 6.45) is 3.38. The number of fused-ring (bicyclic) bond motifs is 1. The van der Waals surface area contributed by atoms with Gasteiger partial charge in [-0.2, -0.15) is 11.3 Å². The number of hydrogen-bond acceptors (Lipinski definition) is 3. The second-order valence-corrected chi connectivity index (χ2v) is 9.16. The first-order valence-corrected chi connectivity index (χ1v) is 11.2. The molecule has 4 rings (SSSR count). The minimum absolute atomic E-state index is 0.114. The molecule has 3 atom stereocenters. The van der Waals surface area contributed by atoms with E-state index in [-0.39, 0.29) is 17.9 Å². The predicted octanol–water partition coefficient (Wildman–Crippen LogP) is 4.34. The molecule has 2 amide bonds. The fourth-order valence-electron chi connectivity index (χ4n) is 4.66. The number of carbonyl (C=O) groups is 2. The summed E-state index contributed by atoms with van der Waals surface area (Å²) in [5, 5.41) is 4.52. The molecule has 2 aromatic rings. The Hall–Kier alpha value is -1.85. The van der Waals surface area contributed by atoms with Crippen molar-refractivity contribution >= 4 is 34.8 Å². The molecule has 6 heteroatoms. The van der Waals surface area contributed by atoms with Crippen molar-refractivity contribution in [2.45, 2.75) is 31.7 Å². The van der Waals surface area contributed by atoms with Gasteiger partial charge >= 0.3 is 0 Å². The number of hydrogen-bond donors (Lipinski definition) is 0. The molecule has 1 aromatic heterocycles. The quantitative estimate of drug-likeness (QED) is 0.743. The van der Waals surface area contributed by atoms with Gasteiger partial charge in [-0.05, 0) is 54.2 Å². The van der Waals surface area contributed by atoms with Crippen LogP contribution in [-0.4, -0.2) is 47.8 Å². The van der Waals surface area contributed by atoms with Gasteiger partial charge in [0.05, 0.1) is 12.0 Å². The summed E-state index contributed by atoms with van der Waals surface area (Å²) < 4.78 is 0. The van der Waals surface area contributed by atoms with Crippen LogP contribution < -0.4 is 0 Å². The van der Waals surface area contributed by atoms with Crippen molar-refractivity contribution in [3.05, 3.63) is 57.2 Å². The summed E-state index contributed by atoms with van der Waals surface area (Å²) in [6, 6.07) is 9.69. The van der Waals surface area contributed by atoms with Crippen LogP contribution in [0.3, 0.4) is 0 Å². The van der Waals surface area contributed by atoms with Gasteiger partial charge in [-0.15, -0.1) is 0 Å². The Morgan fingerprint density at radius 2 is 2.00 bits per heavy atom. The van der Waals surface area contributed by atoms with E-state index in [4.69, 9.17) is 11.6 Å². The van der Waals surface area contributed by atoms with E-state index in [9.17, 15) is 9.59 Å². The molecule has 2 aliphatic rings. The number of benzene rings is 1. The van der Waals surface area contributed by atoms with Crippen molar-refractivity contribution in [1.82, 2.24) is 9.80 Å². The van der Waals surface area contributed by atoms with Gasteiger partial charge in [-0.25, -0.2) is 0 Å². The molecule has 1 saturated carbocycles. The molecule has 0 spiro atoms. The second kappa shape index (κ2) is 8.26. The highest BCUT2D eigenvalue weighted by molar-refractivity contribution is 7.08. The minimum atomic E-state index is 0.114. The molecule has 0 N–H and O–H groups in total. The van der Waals surface area contributed by atoms with E-state index < -0.39 is 0 Å². The molecule has 1 aliphatic carbocycles. The van der Waals surface area contributed by atoms with Gasteiger partial charge < -0.3 is 9.80 Å². The maximum absolute atomic E-state index is 12.8. The van der Waals surface area contributed by atoms with Crippen LogP contribution in [0.2, 0.25) is 5.02 Å². The zero-order valence-electron chi connectivity index (χ0n) is 16.0. The van der Waals surface area contributed by atoms with Crippen LogP contribution in [0.4, 0.5) is 0 Å². The van der Waals surface area contributed by atoms with Crippen molar-refractivity contribution in [2.75, 3.05) is 20.1 Å². The Morgan fingerprint density at radius 3 is 2.75 bits per heavy atom. The average Bonchev–Trinajstić information content (AvgIpc) is 3.37. The molecule has 0 unspecified atom stereocenters. The van der Waals surface area contributed by atoms with Crippen LogP contribution in [0.25, 0.3) is 0 Å². The molecule has 148 valence electrons. The number of nitrogens with zero attached hydrogens (tertiary/aromatic N) is 2. The number of likely N-dealkylation sites (tertiary alicyclic amines) is 1. The summed E-state index contributed by atoms with van der Waals surface area (Å²) in [5.41, 5.74) is 1.67. The van der Waals surface area contributed by atoms with Crippen molar-refractivity contribution < 1.29 is 9.59 Å². The molecule has 1 saturated heterocycles. The van der Waals surface area contributed by atoms with Crippen LogP contribution in [0.1, 0.15) is 35.2 Å². The summed E-state index contributed by atoms with van der Waals surface area (Å²) in [7, 11) is 1.91. The maximum Gasteiger partial charge on any atom is 0.254 e. The first-order chi connectivity index (χ1) is 13.5. The van der Waals surface area contributed by atoms with Gasteiger partial charge in [0.15, 0.2) is 0 Å². The molecular weight excluding hydrogens is 392 g/mol. The van der Waals surface area contributed by atoms with E-state index in [0.29, 0.717) is 23.3 Å². The lowest BCUT2D eigenvalue weighted by Gasteiger charge is -2.34. The highest BCUT2D eigenvalue weighted by atomic mass is 35.5. The van der Waals surface area contributed by atoms with Crippen LogP contribution in [0.5, 0.6) is 0 Å². The Kier molecular flexibility index (Phi) is 5.74. The molecule has 2 heterocycles. The van der Waals surface area contributed by atoms with Crippen LogP contribution in [-0.2, 0) is 11.2 Å². The summed E-state index contributed by atoms with van der Waals surface area (Å²) in [4.78, 5) is 29.4. The lowest BCUT2D eigenvalue weighted by atomic mass is 9.88. The molecular formula is C22H25ClN2O2S. The molecule has 1 aliphatic heterocycles. The van der Waals surface area contributed by atoms with Crippen molar-refractivity contribution in [1.29, 1.82) is 0 Å². The fourth-order valence-corrected chi connectivity index (χ4v) is 5.49. The third kappa shape index (κ3) is 3.96. The lowest BCUT2D eigenvalue weighted by Crippen LogP contribution is -2.42. The highest BCUT2D eigenvalue weighted by Crippen LogP contribution is 2.40. The number of rotatable bonds is 4. The largest absolute Gasteiger partial charge is 0.342 e. The molecule has 0 radical (unpaired) electrons. The number of thiophene rings is 1. The number of halogens is 1. The predicted molar refractivity (Wildman–Crippen MR) is 113 cm³/mol. The Labute approximate surface area is 175 Å². The highest BCUT2D eigenvalue weighted by Gasteiger charge is 2.41. The first-order valence-electron chi connectivity index (χ1n) is 9.83. The summed E-state index contributed by atoms with van der Waals surface area (Å²) in [6.45, 7) is 1.63. The van der Waals surface area contributed by atoms with Crippen LogP contribution in [0.15, 0.2) is 41.1 Å². The smallest absolute Gasteiger partial charge is 0.254 e. The zero-order chi connectivity index (χ0) is 19.7. The van der Waals surface area contributed by atoms with Crippen LogP contribution >= 0.6 is 22.9 Å². The normalized spacial score (nSPS) is 24.1. The molecule has 1 aromatic carbocycles. The van der Waals surface area contributed by atoms with E-state index in [1.54, 1.807) is 11.3 Å². The Morgan fingerprint density at radius 1 is 1.21 bits per heavy atom. The van der Waals surface area contributed by atoms with E-state index in [1.165, 1.54) is 0 Å². The Balaban J connectivity index is 1.36. The fraction of sp³-hybridized carbons (Fsp3) is 0.455. The Bertz CT molecular complexity index is 854. The van der Waals surface area contributed by atoms with Crippen LogP contribution in [0, 0.1) is 11.8 Å². The number of carbonyl (C=O) groups excluding carboxylic acids is 2. The van der Waals surface area contributed by atoms with Gasteiger partial charge in [0.25, 0.3) is 5.91 Å². The maximum atomic E-state index is 12.8. The monoisotopic (exact) mass is 416 g/mol. The standard InChI is InChI=1S/C22H25ClN2O2S/c1-24(21(26)12-16-4-2-3-5-20(16)23)19-10-15-6-8-25(13-18(15)11-19)22(27)17-7-9-28-14-17/h2-5,7,9,14-15,18-19H,6,8,10-13H2,1H3/t15-,18-,19+/m1/s1. The lowest BCUT2D eigenvalue weighted by molar-refractivity contribution is -0.131. The minimum Gasteiger partial charge on any atom is -0.342 e. The summed E-state index contributed by atoms with van der Waals surface area (Å²) in [5.74, 6) is 1.35. The van der Waals surface area contributed by atoms with Gasteiger partial charge in [-0.3, -0.25) is 9.59 Å². The average molecular weight is 417 g/mol. The van der Waals surface area contributed by atoms with E-state index in [2.05, 4.69) is 0 Å². The van der Waals surface area contributed by atoms with Gasteiger partial charge in [0.2, 0.25) is 5.91 Å². The number of amides is 2. The zero-order valence-corrected chi connectivity index (χ0v) is 17.6. The van der Waals surface area contributed by atoms with Crippen molar-refractivity contribution in [3.63, 3.8) is 0 Å². The van der Waals surface area contributed by atoms with Gasteiger partial charge in [0, 0.05) is 36.6 Å². The summed E-state index contributed by atoms with van der Waals surface area (Å²) >= 11 is 7.77. The first kappa shape index (κ1) is 19.5. The topological polar surface area (TPSA) is 40.6 Å². The van der Waals surface area contributed by atoms with Crippen molar-refractivity contribution in [2.24, 2.45) is 11.8 Å². The van der Waals surface area contributed by atoms with E-state index >= 15 is 0 Å². The number of likely N-dealkylation sites (N-methyl/N-ethyl adjacent to an activating group) is 1. The molecule has 28 heavy (non-hydrogen) atoms. The molecule has 4 nitrogen and oxygen atoms in total. The SMILES string of the molecule is CN(C(=O)Cc1ccccc1Cl)[C@H]1C[C@H]2CCN(C(=O)c3ccsc3)C[C@H]2C1.